The van der Waals surface area contributed by atoms with Crippen LogP contribution in [0.1, 0.15) is 12.8 Å². The number of hydrogen-bond acceptors (Lipinski definition) is 6. The number of anilines is 1. The van der Waals surface area contributed by atoms with Crippen molar-refractivity contribution in [3.05, 3.63) is 24.5 Å². The van der Waals surface area contributed by atoms with Crippen molar-refractivity contribution in [2.45, 2.75) is 25.4 Å². The highest BCUT2D eigenvalue weighted by molar-refractivity contribution is 5.87. The maximum Gasteiger partial charge on any atom is 0.272 e. The van der Waals surface area contributed by atoms with E-state index in [1.54, 1.807) is 0 Å². The monoisotopic (exact) mass is 392 g/mol. The van der Waals surface area contributed by atoms with E-state index in [2.05, 4.69) is 14.9 Å². The third kappa shape index (κ3) is 3.99. The molecule has 7 nitrogen and oxygen atoms in total. The van der Waals surface area contributed by atoms with E-state index in [1.165, 1.54) is 6.33 Å². The first-order chi connectivity index (χ1) is 13.6. The van der Waals surface area contributed by atoms with Crippen LogP contribution in [0.15, 0.2) is 24.5 Å². The number of aromatic nitrogens is 2. The number of halogens is 2. The Kier molecular flexibility index (Phi) is 5.52. The van der Waals surface area contributed by atoms with Gasteiger partial charge in [-0.05, 0) is 31.0 Å². The van der Waals surface area contributed by atoms with Gasteiger partial charge in [-0.3, -0.25) is 4.79 Å². The molecule has 1 aromatic carbocycles. The van der Waals surface area contributed by atoms with Crippen LogP contribution in [-0.4, -0.2) is 72.7 Å². The zero-order valence-electron chi connectivity index (χ0n) is 15.4. The molecule has 1 amide bonds. The first-order valence-corrected chi connectivity index (χ1v) is 9.43. The van der Waals surface area contributed by atoms with Gasteiger partial charge in [-0.25, -0.2) is 18.7 Å². The molecule has 2 aliphatic heterocycles. The van der Waals surface area contributed by atoms with Crippen LogP contribution in [-0.2, 0) is 9.53 Å². The summed E-state index contributed by atoms with van der Waals surface area (Å²) >= 11 is 0. The molecule has 0 saturated carbocycles. The molecule has 0 bridgehead atoms. The molecule has 2 saturated heterocycles. The molecule has 4 rings (SSSR count). The number of hydrogen-bond donors (Lipinski definition) is 0. The van der Waals surface area contributed by atoms with Crippen molar-refractivity contribution >= 4 is 22.5 Å². The Morgan fingerprint density at radius 2 is 2.07 bits per heavy atom. The zero-order valence-corrected chi connectivity index (χ0v) is 15.4. The molecule has 1 unspecified atom stereocenters. The van der Waals surface area contributed by atoms with E-state index in [9.17, 15) is 13.6 Å². The lowest BCUT2D eigenvalue weighted by Crippen LogP contribution is -2.51. The first kappa shape index (κ1) is 18.8. The molecule has 1 aromatic heterocycles. The van der Waals surface area contributed by atoms with Gasteiger partial charge in [0.2, 0.25) is 5.88 Å². The largest absolute Gasteiger partial charge is 0.471 e. The van der Waals surface area contributed by atoms with Gasteiger partial charge in [-0.15, -0.1) is 0 Å². The van der Waals surface area contributed by atoms with Crippen molar-refractivity contribution < 1.29 is 23.0 Å². The van der Waals surface area contributed by atoms with Crippen LogP contribution < -0.4 is 9.64 Å². The Labute approximate surface area is 161 Å². The second-order valence-electron chi connectivity index (χ2n) is 6.90. The van der Waals surface area contributed by atoms with E-state index in [4.69, 9.17) is 9.47 Å². The number of rotatable bonds is 5. The lowest BCUT2D eigenvalue weighted by Gasteiger charge is -2.37. The maximum atomic E-state index is 12.5. The van der Waals surface area contributed by atoms with Gasteiger partial charge in [0.15, 0.2) is 6.61 Å². The average molecular weight is 392 g/mol. The summed E-state index contributed by atoms with van der Waals surface area (Å²) in [5.41, 5.74) is 1.56. The van der Waals surface area contributed by atoms with Crippen molar-refractivity contribution in [2.75, 3.05) is 44.3 Å². The molecule has 9 heteroatoms. The SMILES string of the molecule is O=C(C1CCCO1)N1CCN(c2ccc3ncnc(OCC(F)F)c3c2)CC1. The molecule has 0 N–H and O–H groups in total. The minimum absolute atomic E-state index is 0.0757. The molecule has 28 heavy (non-hydrogen) atoms. The number of fused-ring (bicyclic) bond motifs is 1. The Balaban J connectivity index is 1.46. The normalized spacial score (nSPS) is 20.2. The lowest BCUT2D eigenvalue weighted by molar-refractivity contribution is -0.141. The van der Waals surface area contributed by atoms with Crippen LogP contribution in [0.4, 0.5) is 14.5 Å². The summed E-state index contributed by atoms with van der Waals surface area (Å²) in [6.07, 6.45) is 0.177. The second-order valence-corrected chi connectivity index (χ2v) is 6.90. The standard InChI is InChI=1S/C19H22F2N4O3/c20-17(21)11-28-18-14-10-13(3-4-15(14)22-12-23-18)24-5-7-25(8-6-24)19(26)16-2-1-9-27-16/h3-4,10,12,16-17H,1-2,5-9,11H2. The van der Waals surface area contributed by atoms with Crippen molar-refractivity contribution in [1.82, 2.24) is 14.9 Å². The summed E-state index contributed by atoms with van der Waals surface area (Å²) in [5, 5.41) is 0.596. The van der Waals surface area contributed by atoms with E-state index in [0.717, 1.165) is 18.5 Å². The highest BCUT2D eigenvalue weighted by atomic mass is 19.3. The minimum Gasteiger partial charge on any atom is -0.471 e. The predicted molar refractivity (Wildman–Crippen MR) is 98.8 cm³/mol. The molecular weight excluding hydrogens is 370 g/mol. The first-order valence-electron chi connectivity index (χ1n) is 9.43. The molecule has 0 aliphatic carbocycles. The van der Waals surface area contributed by atoms with E-state index >= 15 is 0 Å². The van der Waals surface area contributed by atoms with Gasteiger partial charge in [0.05, 0.1) is 10.9 Å². The lowest BCUT2D eigenvalue weighted by atomic mass is 10.1. The number of ether oxygens (including phenoxy) is 2. The number of nitrogens with zero attached hydrogens (tertiary/aromatic N) is 4. The Morgan fingerprint density at radius 3 is 2.79 bits per heavy atom. The van der Waals surface area contributed by atoms with Crippen LogP contribution in [0.25, 0.3) is 10.9 Å². The summed E-state index contributed by atoms with van der Waals surface area (Å²) in [5.74, 6) is 0.228. The van der Waals surface area contributed by atoms with Gasteiger partial charge in [-0.1, -0.05) is 0 Å². The van der Waals surface area contributed by atoms with E-state index in [1.807, 2.05) is 23.1 Å². The van der Waals surface area contributed by atoms with Crippen molar-refractivity contribution in [3.63, 3.8) is 0 Å². The van der Waals surface area contributed by atoms with Crippen LogP contribution in [0.5, 0.6) is 5.88 Å². The summed E-state index contributed by atoms with van der Waals surface area (Å²) < 4.78 is 35.6. The zero-order chi connectivity index (χ0) is 19.5. The van der Waals surface area contributed by atoms with Crippen molar-refractivity contribution in [1.29, 1.82) is 0 Å². The van der Waals surface area contributed by atoms with Gasteiger partial charge >= 0.3 is 0 Å². The fraction of sp³-hybridized carbons (Fsp3) is 0.526. The summed E-state index contributed by atoms with van der Waals surface area (Å²) in [7, 11) is 0. The van der Waals surface area contributed by atoms with Crippen LogP contribution >= 0.6 is 0 Å². The summed E-state index contributed by atoms with van der Waals surface area (Å²) in [6, 6.07) is 5.61. The van der Waals surface area contributed by atoms with Gasteiger partial charge < -0.3 is 19.3 Å². The summed E-state index contributed by atoms with van der Waals surface area (Å²) in [4.78, 5) is 24.7. The van der Waals surface area contributed by atoms with E-state index < -0.39 is 13.0 Å². The van der Waals surface area contributed by atoms with Gasteiger partial charge in [0.25, 0.3) is 12.3 Å². The van der Waals surface area contributed by atoms with Crippen molar-refractivity contribution in [3.8, 4) is 5.88 Å². The molecule has 2 fully saturated rings. The molecule has 0 spiro atoms. The highest BCUT2D eigenvalue weighted by Gasteiger charge is 2.30. The topological polar surface area (TPSA) is 67.8 Å². The molecule has 2 aromatic rings. The minimum atomic E-state index is -2.57. The fourth-order valence-electron chi connectivity index (χ4n) is 3.64. The molecule has 0 radical (unpaired) electrons. The Hall–Kier alpha value is -2.55. The number of benzene rings is 1. The molecule has 2 aliphatic rings. The Morgan fingerprint density at radius 1 is 1.25 bits per heavy atom. The fourth-order valence-corrected chi connectivity index (χ4v) is 3.64. The van der Waals surface area contributed by atoms with Gasteiger partial charge in [0, 0.05) is 38.5 Å². The number of amides is 1. The third-order valence-corrected chi connectivity index (χ3v) is 5.09. The number of carbonyl (C=O) groups is 1. The third-order valence-electron chi connectivity index (χ3n) is 5.09. The van der Waals surface area contributed by atoms with Crippen LogP contribution in [0.2, 0.25) is 0 Å². The molecular formula is C19H22F2N4O3. The predicted octanol–water partition coefficient (Wildman–Crippen LogP) is 2.10. The number of piperazine rings is 1. The summed E-state index contributed by atoms with van der Waals surface area (Å²) in [6.45, 7) is 2.56. The molecule has 1 atom stereocenters. The van der Waals surface area contributed by atoms with Crippen molar-refractivity contribution in [2.24, 2.45) is 0 Å². The maximum absolute atomic E-state index is 12.5. The number of carbonyl (C=O) groups excluding carboxylic acids is 1. The average Bonchev–Trinajstić information content (AvgIpc) is 3.26. The Bertz CT molecular complexity index is 837. The van der Waals surface area contributed by atoms with E-state index in [0.29, 0.717) is 43.7 Å². The molecule has 3 heterocycles. The van der Waals surface area contributed by atoms with Gasteiger partial charge in [0.1, 0.15) is 12.4 Å². The molecule has 150 valence electrons. The highest BCUT2D eigenvalue weighted by Crippen LogP contribution is 2.28. The van der Waals surface area contributed by atoms with Crippen LogP contribution in [0.3, 0.4) is 0 Å². The second kappa shape index (κ2) is 8.22. The van der Waals surface area contributed by atoms with Gasteiger partial charge in [-0.2, -0.15) is 0 Å². The smallest absolute Gasteiger partial charge is 0.272 e. The van der Waals surface area contributed by atoms with Crippen LogP contribution in [0, 0.1) is 0 Å². The quantitative estimate of drug-likeness (QED) is 0.776. The number of alkyl halides is 2. The van der Waals surface area contributed by atoms with E-state index in [-0.39, 0.29) is 17.9 Å².